The van der Waals surface area contributed by atoms with Crippen molar-refractivity contribution in [2.75, 3.05) is 42.5 Å². The van der Waals surface area contributed by atoms with Gasteiger partial charge in [-0.1, -0.05) is 122 Å². The number of halogens is 2. The monoisotopic (exact) mass is 1650 g/mol. The number of alkyl halides is 2. The highest BCUT2D eigenvalue weighted by Crippen LogP contribution is 2.37. The van der Waals surface area contributed by atoms with Gasteiger partial charge in [-0.2, -0.15) is 40.3 Å². The quantitative estimate of drug-likeness (QED) is 0.0318. The van der Waals surface area contributed by atoms with E-state index in [1.54, 1.807) is 63.7 Å². The summed E-state index contributed by atoms with van der Waals surface area (Å²) in [5.41, 5.74) is 20.9. The number of aryl methyl sites for hydroxylation is 3. The zero-order valence-corrected chi connectivity index (χ0v) is 68.9. The Morgan fingerprint density at radius 2 is 0.639 bits per heavy atom. The van der Waals surface area contributed by atoms with Crippen LogP contribution in [0.1, 0.15) is 77.8 Å². The molecule has 0 saturated carbocycles. The summed E-state index contributed by atoms with van der Waals surface area (Å²) in [7, 11) is 0. The van der Waals surface area contributed by atoms with Crippen LogP contribution in [0.25, 0.3) is 84.5 Å². The zero-order valence-electron chi connectivity index (χ0n) is 65.6. The van der Waals surface area contributed by atoms with E-state index in [0.717, 1.165) is 137 Å². The molecule has 12 aromatic heterocycles. The fourth-order valence-corrected chi connectivity index (χ4v) is 16.5. The Morgan fingerprint density at radius 1 is 0.311 bits per heavy atom. The molecule has 0 amide bonds. The van der Waals surface area contributed by atoms with E-state index in [4.69, 9.17) is 15.0 Å². The molecule has 30 heteroatoms. The van der Waals surface area contributed by atoms with E-state index in [1.807, 2.05) is 119 Å². The fraction of sp³-hybridized carbons (Fsp3) is 0.146. The molecule has 12 N–H and O–H groups in total. The minimum Gasteiger partial charge on any atom is -0.350 e. The van der Waals surface area contributed by atoms with Crippen LogP contribution in [-0.2, 0) is 37.5 Å². The Labute approximate surface area is 697 Å². The number of thiophene rings is 4. The minimum atomic E-state index is -2.88. The van der Waals surface area contributed by atoms with Crippen molar-refractivity contribution in [1.29, 1.82) is 0 Å². The van der Waals surface area contributed by atoms with Crippen LogP contribution in [0.4, 0.5) is 78.6 Å². The Morgan fingerprint density at radius 3 is 0.975 bits per heavy atom. The molecule has 8 aromatic carbocycles. The zero-order chi connectivity index (χ0) is 81.6. The van der Waals surface area contributed by atoms with Crippen LogP contribution < -0.4 is 42.5 Å². The Hall–Kier alpha value is -13.9. The van der Waals surface area contributed by atoms with Gasteiger partial charge in [0.2, 0.25) is 23.8 Å². The van der Waals surface area contributed by atoms with Crippen LogP contribution in [0.3, 0.4) is 0 Å². The van der Waals surface area contributed by atoms with Crippen LogP contribution in [0.5, 0.6) is 0 Å². The molecule has 0 aliphatic carbocycles. The number of benzene rings is 8. The van der Waals surface area contributed by atoms with Crippen molar-refractivity contribution in [3.63, 3.8) is 0 Å². The Bertz CT molecular complexity index is 6930. The van der Waals surface area contributed by atoms with Crippen molar-refractivity contribution in [3.8, 4) is 0 Å². The maximum atomic E-state index is 13.6. The van der Waals surface area contributed by atoms with Gasteiger partial charge in [-0.3, -0.25) is 20.4 Å². The number of H-pyrrole nitrogens is 4. The Balaban J connectivity index is 0.000000114. The lowest BCUT2D eigenvalue weighted by Gasteiger charge is -2.19. The van der Waals surface area contributed by atoms with Gasteiger partial charge in [0.25, 0.3) is 5.92 Å². The molecular formula is C89H80F2N24S4. The van der Waals surface area contributed by atoms with Crippen LogP contribution in [-0.4, -0.2) is 80.7 Å². The third-order valence-corrected chi connectivity index (χ3v) is 23.1. The van der Waals surface area contributed by atoms with Gasteiger partial charge in [0.15, 0.2) is 23.3 Å². The molecule has 119 heavy (non-hydrogen) atoms. The number of rotatable bonds is 21. The Kier molecular flexibility index (Phi) is 22.2. The molecule has 0 saturated heterocycles. The fourth-order valence-electron chi connectivity index (χ4n) is 13.4. The second-order valence-electron chi connectivity index (χ2n) is 29.7. The van der Waals surface area contributed by atoms with E-state index >= 15 is 0 Å². The number of hydrogen-bond donors (Lipinski definition) is 12. The smallest absolute Gasteiger partial charge is 0.270 e. The van der Waals surface area contributed by atoms with Gasteiger partial charge in [0, 0.05) is 83.0 Å². The number of aromatic amines is 4. The van der Waals surface area contributed by atoms with Gasteiger partial charge in [-0.25, -0.2) is 28.7 Å². The second kappa shape index (κ2) is 34.1. The minimum absolute atomic E-state index is 0.0157. The topological polar surface area (TPSA) is 314 Å². The summed E-state index contributed by atoms with van der Waals surface area (Å²) in [6.45, 7) is 16.2. The molecule has 0 bridgehead atoms. The molecule has 20 rings (SSSR count). The normalized spacial score (nSPS) is 11.5. The lowest BCUT2D eigenvalue weighted by molar-refractivity contribution is 0.0174. The largest absolute Gasteiger partial charge is 0.350 e. The molecule has 20 aromatic rings. The van der Waals surface area contributed by atoms with E-state index in [1.165, 1.54) is 51.1 Å². The second-order valence-corrected chi connectivity index (χ2v) is 33.4. The highest BCUT2D eigenvalue weighted by atomic mass is 32.1. The van der Waals surface area contributed by atoms with Gasteiger partial charge >= 0.3 is 0 Å². The molecule has 0 radical (unpaired) electrons. The molecule has 0 spiro atoms. The van der Waals surface area contributed by atoms with Gasteiger partial charge in [0.1, 0.15) is 0 Å². The van der Waals surface area contributed by atoms with Crippen molar-refractivity contribution >= 4 is 200 Å². The number of nitrogens with one attached hydrogen (secondary N) is 12. The number of nitrogens with zero attached hydrogens (tertiary/aromatic N) is 12. The van der Waals surface area contributed by atoms with Gasteiger partial charge in [-0.05, 0) is 179 Å². The highest BCUT2D eigenvalue weighted by Gasteiger charge is 2.25. The molecule has 12 heterocycles. The van der Waals surface area contributed by atoms with Crippen molar-refractivity contribution < 1.29 is 8.78 Å². The summed E-state index contributed by atoms with van der Waals surface area (Å²) in [4.78, 5) is 37.4. The van der Waals surface area contributed by atoms with Crippen LogP contribution in [0.2, 0.25) is 0 Å². The average molecular weight is 1650 g/mol. The molecule has 0 unspecified atom stereocenters. The predicted octanol–water partition coefficient (Wildman–Crippen LogP) is 23.0. The number of hydrogen-bond acceptors (Lipinski definition) is 24. The van der Waals surface area contributed by atoms with Crippen molar-refractivity contribution in [3.05, 3.63) is 284 Å². The van der Waals surface area contributed by atoms with E-state index in [9.17, 15) is 8.78 Å². The number of fused-ring (bicyclic) bond motifs is 8. The summed E-state index contributed by atoms with van der Waals surface area (Å²) >= 11 is 6.44. The van der Waals surface area contributed by atoms with Crippen molar-refractivity contribution in [1.82, 2.24) is 80.7 Å². The van der Waals surface area contributed by atoms with Gasteiger partial charge < -0.3 is 42.5 Å². The number of anilines is 12. The summed E-state index contributed by atoms with van der Waals surface area (Å²) in [6, 6.07) is 62.2. The van der Waals surface area contributed by atoms with Gasteiger partial charge in [0.05, 0.1) is 87.7 Å². The summed E-state index contributed by atoms with van der Waals surface area (Å²) in [6.07, 6.45) is 7.22. The van der Waals surface area contributed by atoms with E-state index < -0.39 is 5.92 Å². The molecular weight excluding hydrogens is 1570 g/mol. The third kappa shape index (κ3) is 18.8. The molecule has 0 fully saturated rings. The van der Waals surface area contributed by atoms with Crippen molar-refractivity contribution in [2.24, 2.45) is 0 Å². The molecule has 0 aliphatic rings. The molecule has 0 atom stereocenters. The first-order valence-electron chi connectivity index (χ1n) is 38.3. The van der Waals surface area contributed by atoms with Crippen LogP contribution in [0, 0.1) is 20.8 Å². The van der Waals surface area contributed by atoms with E-state index in [0.29, 0.717) is 55.8 Å². The van der Waals surface area contributed by atoms with Gasteiger partial charge in [-0.15, -0.1) is 45.3 Å². The first-order chi connectivity index (χ1) is 57.8. The molecule has 24 nitrogen and oxygen atoms in total. The predicted molar refractivity (Wildman–Crippen MR) is 485 cm³/mol. The third-order valence-electron chi connectivity index (χ3n) is 19.5. The maximum absolute atomic E-state index is 13.6. The summed E-state index contributed by atoms with van der Waals surface area (Å²) in [5, 5.41) is 67.3. The molecule has 0 aliphatic heterocycles. The summed E-state index contributed by atoms with van der Waals surface area (Å²) in [5.74, 6) is 2.46. The average Bonchev–Trinajstić information content (AvgIpc) is 1.61. The lowest BCUT2D eigenvalue weighted by Crippen LogP contribution is -2.11. The lowest BCUT2D eigenvalue weighted by atomic mass is 9.87. The van der Waals surface area contributed by atoms with E-state index in [-0.39, 0.29) is 11.0 Å². The first kappa shape index (κ1) is 77.6. The maximum Gasteiger partial charge on any atom is 0.270 e. The SMILES string of the molecule is CC(C)(C)c1ccc(CNc2nc(Nc3ccc4[nH]ncc4c3)c3sccc3n2)cc1.CC(F)(F)c1cccc(CNc2nc(Nc3ccc4[nH]ncc4c3)c3sccc3n2)c1.Cc1cc(C)cc(CNc2nc(Nc3ccc4[nH]ncc4c3)c3sccc3n2)c1.Cc1ccc(CNc2nc(Nc3ccc4[nH]ncc4c3)c3sccc3n2)cc1. The van der Waals surface area contributed by atoms with Crippen LogP contribution >= 0.6 is 45.3 Å². The van der Waals surface area contributed by atoms with E-state index in [2.05, 4.69) is 235 Å². The number of aromatic nitrogens is 16. The summed E-state index contributed by atoms with van der Waals surface area (Å²) < 4.78 is 31.3. The molecule has 594 valence electrons. The standard InChI is InChI=1S/C24H24N6S.C22H18F2N6S.C22H20N6S.C21H18N6S/c1-24(2,3)17-6-4-15(5-7-17)13-25-23-28-20-10-11-31-21(20)22(29-23)27-18-8-9-19-16(12-18)14-26-30-19;1-22(23,24)15-4-2-3-13(9-15)11-25-21-28-18-7-8-31-19(18)20(29-21)27-16-5-6-17-14(10-16)12-26-30-17;1-13-7-14(2)9-15(8-13)11-23-22-26-19-5-6-29-20(19)21(27-22)25-17-3-4-18-16(10-17)12-24-28-18;1-13-2-4-14(5-3-13)11-22-21-25-18-8-9-28-19(18)20(26-21)24-16-6-7-17-15(10-16)12-23-27-17/h4-12,14H,13H2,1-3H3,(H,26,30)(H2,25,27,28,29);2-10,12H,11H2,1H3,(H,26,30)(H2,25,27,28,29);3-10,12H,11H2,1-2H3,(H,24,28)(H2,23,25,26,27);2-10,12H,11H2,1H3,(H,23,27)(H2,22,24,25,26). The first-order valence-corrected chi connectivity index (χ1v) is 41.8. The van der Waals surface area contributed by atoms with Crippen molar-refractivity contribution in [2.45, 2.75) is 86.0 Å². The van der Waals surface area contributed by atoms with Crippen LogP contribution in [0.15, 0.2) is 234 Å². The highest BCUT2D eigenvalue weighted by molar-refractivity contribution is 7.18.